The molecule has 5 rings (SSSR count). The Morgan fingerprint density at radius 1 is 0.938 bits per heavy atom. The SMILES string of the molecule is COc1ccc(Cl)cc1Nc1ncnc2c1c(-c1ccccc1)cn2-c1ccc(C)cc1. The van der Waals surface area contributed by atoms with Crippen LogP contribution in [-0.2, 0) is 0 Å². The number of hydrogen-bond acceptors (Lipinski definition) is 4. The Morgan fingerprint density at radius 3 is 2.47 bits per heavy atom. The second-order valence-corrected chi connectivity index (χ2v) is 7.94. The predicted molar refractivity (Wildman–Crippen MR) is 130 cm³/mol. The van der Waals surface area contributed by atoms with Gasteiger partial charge >= 0.3 is 0 Å². The van der Waals surface area contributed by atoms with E-state index in [0.29, 0.717) is 16.6 Å². The standard InChI is InChI=1S/C26H21ClN4O/c1-17-8-11-20(12-9-17)31-15-21(18-6-4-3-5-7-18)24-25(28-16-29-26(24)31)30-22-14-19(27)10-13-23(22)32-2/h3-16H,1-2H3,(H,28,29,30). The number of nitrogens with zero attached hydrogens (tertiary/aromatic N) is 3. The number of fused-ring (bicyclic) bond motifs is 1. The first-order valence-electron chi connectivity index (χ1n) is 10.2. The quantitative estimate of drug-likeness (QED) is 0.326. The van der Waals surface area contributed by atoms with E-state index in [1.165, 1.54) is 5.56 Å². The van der Waals surface area contributed by atoms with Crippen LogP contribution in [0.4, 0.5) is 11.5 Å². The molecule has 2 aromatic heterocycles. The van der Waals surface area contributed by atoms with Gasteiger partial charge in [0.1, 0.15) is 17.9 Å². The highest BCUT2D eigenvalue weighted by Gasteiger charge is 2.18. The molecule has 1 N–H and O–H groups in total. The van der Waals surface area contributed by atoms with Crippen LogP contribution in [0.15, 0.2) is 85.3 Å². The molecule has 5 aromatic rings. The van der Waals surface area contributed by atoms with Gasteiger partial charge in [-0.25, -0.2) is 9.97 Å². The van der Waals surface area contributed by atoms with Crippen molar-refractivity contribution >= 4 is 34.1 Å². The van der Waals surface area contributed by atoms with Crippen LogP contribution < -0.4 is 10.1 Å². The van der Waals surface area contributed by atoms with Crippen molar-refractivity contribution < 1.29 is 4.74 Å². The first kappa shape index (κ1) is 20.1. The summed E-state index contributed by atoms with van der Waals surface area (Å²) in [6.07, 6.45) is 3.68. The zero-order valence-electron chi connectivity index (χ0n) is 17.7. The molecule has 0 radical (unpaired) electrons. The molecular formula is C26H21ClN4O. The minimum absolute atomic E-state index is 0.610. The summed E-state index contributed by atoms with van der Waals surface area (Å²) in [5.74, 6) is 1.36. The van der Waals surface area contributed by atoms with Crippen LogP contribution >= 0.6 is 11.6 Å². The Hall–Kier alpha value is -3.83. The largest absolute Gasteiger partial charge is 0.495 e. The van der Waals surface area contributed by atoms with E-state index in [-0.39, 0.29) is 0 Å². The lowest BCUT2D eigenvalue weighted by atomic mass is 10.1. The Morgan fingerprint density at radius 2 is 1.72 bits per heavy atom. The smallest absolute Gasteiger partial charge is 0.150 e. The molecule has 0 bridgehead atoms. The van der Waals surface area contributed by atoms with Gasteiger partial charge in [-0.15, -0.1) is 0 Å². The van der Waals surface area contributed by atoms with E-state index in [1.807, 2.05) is 30.3 Å². The van der Waals surface area contributed by atoms with E-state index in [0.717, 1.165) is 33.5 Å². The van der Waals surface area contributed by atoms with E-state index >= 15 is 0 Å². The molecule has 5 nitrogen and oxygen atoms in total. The Labute approximate surface area is 191 Å². The summed E-state index contributed by atoms with van der Waals surface area (Å²) in [6.45, 7) is 2.08. The number of hydrogen-bond donors (Lipinski definition) is 1. The van der Waals surface area contributed by atoms with E-state index in [9.17, 15) is 0 Å². The second kappa shape index (κ2) is 8.36. The number of ether oxygens (including phenoxy) is 1. The lowest BCUT2D eigenvalue weighted by Gasteiger charge is -2.12. The van der Waals surface area contributed by atoms with Gasteiger partial charge in [0.2, 0.25) is 0 Å². The molecule has 3 aromatic carbocycles. The highest BCUT2D eigenvalue weighted by molar-refractivity contribution is 6.31. The van der Waals surface area contributed by atoms with Crippen LogP contribution in [0, 0.1) is 6.92 Å². The summed E-state index contributed by atoms with van der Waals surface area (Å²) in [5.41, 5.74) is 5.91. The minimum Gasteiger partial charge on any atom is -0.495 e. The van der Waals surface area contributed by atoms with Crippen molar-refractivity contribution in [2.75, 3.05) is 12.4 Å². The van der Waals surface area contributed by atoms with Crippen LogP contribution in [0.3, 0.4) is 0 Å². The maximum absolute atomic E-state index is 6.25. The van der Waals surface area contributed by atoms with Crippen molar-refractivity contribution in [3.63, 3.8) is 0 Å². The normalized spacial score (nSPS) is 11.0. The van der Waals surface area contributed by atoms with E-state index < -0.39 is 0 Å². The number of rotatable bonds is 5. The third kappa shape index (κ3) is 3.67. The van der Waals surface area contributed by atoms with Gasteiger partial charge in [0.25, 0.3) is 0 Å². The fraction of sp³-hybridized carbons (Fsp3) is 0.0769. The molecule has 0 atom stereocenters. The van der Waals surface area contributed by atoms with Crippen LogP contribution in [0.1, 0.15) is 5.56 Å². The highest BCUT2D eigenvalue weighted by Crippen LogP contribution is 2.38. The molecule has 0 saturated carbocycles. The predicted octanol–water partition coefficient (Wildman–Crippen LogP) is 6.80. The topological polar surface area (TPSA) is 52.0 Å². The molecule has 0 fully saturated rings. The molecule has 0 unspecified atom stereocenters. The number of aryl methyl sites for hydroxylation is 1. The number of anilines is 2. The molecule has 0 amide bonds. The molecule has 0 saturated heterocycles. The maximum Gasteiger partial charge on any atom is 0.150 e. The fourth-order valence-electron chi connectivity index (χ4n) is 3.80. The molecule has 0 aliphatic rings. The number of halogens is 1. The zero-order valence-corrected chi connectivity index (χ0v) is 18.5. The van der Waals surface area contributed by atoms with E-state index in [2.05, 4.69) is 69.4 Å². The van der Waals surface area contributed by atoms with Crippen LogP contribution in [0.25, 0.3) is 27.8 Å². The number of methoxy groups -OCH3 is 1. The summed E-state index contributed by atoms with van der Waals surface area (Å²) < 4.78 is 7.61. The van der Waals surface area contributed by atoms with Crippen molar-refractivity contribution in [1.29, 1.82) is 0 Å². The Bertz CT molecular complexity index is 1400. The zero-order chi connectivity index (χ0) is 22.1. The Kier molecular flexibility index (Phi) is 5.25. The summed E-state index contributed by atoms with van der Waals surface area (Å²) in [4.78, 5) is 9.22. The van der Waals surface area contributed by atoms with Gasteiger partial charge in [0.15, 0.2) is 5.65 Å². The third-order valence-corrected chi connectivity index (χ3v) is 5.63. The van der Waals surface area contributed by atoms with Crippen LogP contribution in [0.2, 0.25) is 5.02 Å². The average molecular weight is 441 g/mol. The maximum atomic E-state index is 6.25. The summed E-state index contributed by atoms with van der Waals surface area (Å²) >= 11 is 6.25. The second-order valence-electron chi connectivity index (χ2n) is 7.50. The lowest BCUT2D eigenvalue weighted by Crippen LogP contribution is -2.00. The van der Waals surface area contributed by atoms with Crippen LogP contribution in [0.5, 0.6) is 5.75 Å². The Balaban J connectivity index is 1.75. The van der Waals surface area contributed by atoms with Gasteiger partial charge in [0.05, 0.1) is 18.2 Å². The van der Waals surface area contributed by atoms with E-state index in [4.69, 9.17) is 16.3 Å². The molecule has 2 heterocycles. The minimum atomic E-state index is 0.610. The summed E-state index contributed by atoms with van der Waals surface area (Å²) in [5, 5.41) is 4.95. The van der Waals surface area contributed by atoms with Gasteiger partial charge in [-0.05, 0) is 42.8 Å². The third-order valence-electron chi connectivity index (χ3n) is 5.39. The number of nitrogens with one attached hydrogen (secondary N) is 1. The van der Waals surface area contributed by atoms with Gasteiger partial charge < -0.3 is 14.6 Å². The molecule has 6 heteroatoms. The van der Waals surface area contributed by atoms with Crippen LogP contribution in [-0.4, -0.2) is 21.6 Å². The highest BCUT2D eigenvalue weighted by atomic mass is 35.5. The van der Waals surface area contributed by atoms with Gasteiger partial charge in [-0.1, -0.05) is 59.6 Å². The number of aromatic nitrogens is 3. The fourth-order valence-corrected chi connectivity index (χ4v) is 3.97. The molecule has 0 aliphatic carbocycles. The summed E-state index contributed by atoms with van der Waals surface area (Å²) in [7, 11) is 1.63. The molecule has 32 heavy (non-hydrogen) atoms. The molecule has 0 aliphatic heterocycles. The van der Waals surface area contributed by atoms with Crippen molar-refractivity contribution in [2.24, 2.45) is 0 Å². The molecule has 0 spiro atoms. The first-order valence-corrected chi connectivity index (χ1v) is 10.6. The number of benzene rings is 3. The lowest BCUT2D eigenvalue weighted by molar-refractivity contribution is 0.417. The monoisotopic (exact) mass is 440 g/mol. The first-order chi connectivity index (χ1) is 15.6. The van der Waals surface area contributed by atoms with Crippen molar-refractivity contribution in [1.82, 2.24) is 14.5 Å². The molecular weight excluding hydrogens is 420 g/mol. The van der Waals surface area contributed by atoms with E-state index in [1.54, 1.807) is 19.5 Å². The van der Waals surface area contributed by atoms with Gasteiger partial charge in [-0.3, -0.25) is 0 Å². The summed E-state index contributed by atoms with van der Waals surface area (Å²) in [6, 6.07) is 24.1. The van der Waals surface area contributed by atoms with Gasteiger partial charge in [-0.2, -0.15) is 0 Å². The van der Waals surface area contributed by atoms with Crippen molar-refractivity contribution in [3.05, 3.63) is 95.9 Å². The molecule has 158 valence electrons. The average Bonchev–Trinajstić information content (AvgIpc) is 3.21. The van der Waals surface area contributed by atoms with Crippen molar-refractivity contribution in [2.45, 2.75) is 6.92 Å². The van der Waals surface area contributed by atoms with Gasteiger partial charge in [0, 0.05) is 22.5 Å². The van der Waals surface area contributed by atoms with Crippen molar-refractivity contribution in [3.8, 4) is 22.6 Å².